The molecule has 1 aliphatic heterocycles. The van der Waals surface area contributed by atoms with Crippen LogP contribution in [-0.2, 0) is 4.79 Å². The lowest BCUT2D eigenvalue weighted by Crippen LogP contribution is -2.18. The second kappa shape index (κ2) is 9.90. The molecule has 1 heterocycles. The molecule has 3 aromatic carbocycles. The van der Waals surface area contributed by atoms with Gasteiger partial charge in [0.25, 0.3) is 5.91 Å². The van der Waals surface area contributed by atoms with E-state index in [1.54, 1.807) is 0 Å². The van der Waals surface area contributed by atoms with Crippen LogP contribution >= 0.6 is 24.0 Å². The highest BCUT2D eigenvalue weighted by atomic mass is 32.2. The predicted octanol–water partition coefficient (Wildman–Crippen LogP) is 6.21. The van der Waals surface area contributed by atoms with Crippen molar-refractivity contribution in [3.63, 3.8) is 0 Å². The van der Waals surface area contributed by atoms with Gasteiger partial charge in [0.1, 0.15) is 4.32 Å². The van der Waals surface area contributed by atoms with Gasteiger partial charge in [-0.1, -0.05) is 114 Å². The maximum absolute atomic E-state index is 13.1. The van der Waals surface area contributed by atoms with E-state index in [-0.39, 0.29) is 18.1 Å². The Hall–Kier alpha value is -3.28. The fourth-order valence-corrected chi connectivity index (χ4v) is 4.57. The van der Waals surface area contributed by atoms with E-state index < -0.39 is 0 Å². The quantitative estimate of drug-likeness (QED) is 0.273. The topological polar surface area (TPSA) is 46.2 Å². The third kappa shape index (κ3) is 5.13. The van der Waals surface area contributed by atoms with E-state index in [4.69, 9.17) is 12.2 Å². The number of carbonyl (C=O) groups excluding carboxylic acids is 2. The Morgan fingerprint density at radius 3 is 2.03 bits per heavy atom. The van der Waals surface area contributed by atoms with Gasteiger partial charge in [-0.25, -0.2) is 0 Å². The summed E-state index contributed by atoms with van der Waals surface area (Å²) in [7, 11) is 0. The normalized spacial score (nSPS) is 15.5. The Morgan fingerprint density at radius 1 is 0.875 bits per heavy atom. The van der Waals surface area contributed by atoms with E-state index >= 15 is 0 Å². The summed E-state index contributed by atoms with van der Waals surface area (Å²) in [6.07, 6.45) is 2.17. The highest BCUT2D eigenvalue weighted by molar-refractivity contribution is 8.26. The number of hydrogen-bond acceptors (Lipinski definition) is 4. The Labute approximate surface area is 197 Å². The third-order valence-electron chi connectivity index (χ3n) is 5.13. The second-order valence-electron chi connectivity index (χ2n) is 7.45. The molecule has 1 saturated heterocycles. The van der Waals surface area contributed by atoms with Crippen molar-refractivity contribution in [3.8, 4) is 0 Å². The first-order chi connectivity index (χ1) is 15.5. The molecule has 1 N–H and O–H groups in total. The van der Waals surface area contributed by atoms with Crippen LogP contribution in [0.25, 0.3) is 11.1 Å². The largest absolute Gasteiger partial charge is 0.307 e. The number of thiocarbonyl (C=S) groups is 1. The lowest BCUT2D eigenvalue weighted by molar-refractivity contribution is -0.115. The van der Waals surface area contributed by atoms with Crippen molar-refractivity contribution in [1.82, 2.24) is 5.32 Å². The highest BCUT2D eigenvalue weighted by Crippen LogP contribution is 2.35. The summed E-state index contributed by atoms with van der Waals surface area (Å²) in [5.41, 5.74) is 5.24. The molecule has 3 nitrogen and oxygen atoms in total. The zero-order valence-corrected chi connectivity index (χ0v) is 19.1. The number of allylic oxidation sites excluding steroid dienone is 3. The molecule has 0 atom stereocenters. The molecule has 4 rings (SSSR count). The number of amides is 1. The van der Waals surface area contributed by atoms with E-state index in [1.807, 2.05) is 97.9 Å². The van der Waals surface area contributed by atoms with Gasteiger partial charge in [0.2, 0.25) is 0 Å². The molecular formula is C27H21NO2S2. The van der Waals surface area contributed by atoms with Gasteiger partial charge in [0, 0.05) is 17.6 Å². The van der Waals surface area contributed by atoms with Gasteiger partial charge in [-0.3, -0.25) is 9.59 Å². The Kier molecular flexibility index (Phi) is 6.78. The first kappa shape index (κ1) is 21.9. The zero-order chi connectivity index (χ0) is 22.5. The summed E-state index contributed by atoms with van der Waals surface area (Å²) < 4.78 is 0.434. The van der Waals surface area contributed by atoms with Crippen molar-refractivity contribution >= 4 is 51.1 Å². The number of benzene rings is 3. The fraction of sp³-hybridized carbons (Fsp3) is 0.0741. The van der Waals surface area contributed by atoms with Crippen molar-refractivity contribution in [2.24, 2.45) is 0 Å². The maximum atomic E-state index is 13.1. The van der Waals surface area contributed by atoms with Crippen LogP contribution in [0.5, 0.6) is 0 Å². The monoisotopic (exact) mass is 455 g/mol. The van der Waals surface area contributed by atoms with Crippen LogP contribution in [0.3, 0.4) is 0 Å². The number of thioether (sulfide) groups is 1. The Bertz CT molecular complexity index is 1230. The summed E-state index contributed by atoms with van der Waals surface area (Å²) >= 11 is 6.47. The van der Waals surface area contributed by atoms with E-state index in [0.717, 1.165) is 27.8 Å². The summed E-state index contributed by atoms with van der Waals surface area (Å²) in [4.78, 5) is 26.3. The van der Waals surface area contributed by atoms with Crippen molar-refractivity contribution in [1.29, 1.82) is 0 Å². The molecule has 0 radical (unpaired) electrons. The minimum absolute atomic E-state index is 0.0221. The van der Waals surface area contributed by atoms with Crippen LogP contribution in [0.2, 0.25) is 0 Å². The van der Waals surface area contributed by atoms with Crippen LogP contribution in [0.15, 0.2) is 95.9 Å². The van der Waals surface area contributed by atoms with Crippen molar-refractivity contribution in [2.45, 2.75) is 13.3 Å². The number of Topliss-reactive ketones (excluding diaryl/α,β-unsaturated/α-hetero) is 1. The summed E-state index contributed by atoms with van der Waals surface area (Å²) in [5, 5.41) is 2.71. The number of carbonyl (C=O) groups is 2. The molecule has 3 aromatic rings. The first-order valence-corrected chi connectivity index (χ1v) is 11.4. The van der Waals surface area contributed by atoms with Gasteiger partial charge < -0.3 is 5.32 Å². The number of hydrogen-bond donors (Lipinski definition) is 1. The van der Waals surface area contributed by atoms with Crippen molar-refractivity contribution in [3.05, 3.63) is 118 Å². The maximum Gasteiger partial charge on any atom is 0.264 e. The molecule has 1 amide bonds. The van der Waals surface area contributed by atoms with E-state index in [1.165, 1.54) is 11.8 Å². The van der Waals surface area contributed by atoms with Gasteiger partial charge in [-0.15, -0.1) is 0 Å². The van der Waals surface area contributed by atoms with E-state index in [0.29, 0.717) is 14.8 Å². The van der Waals surface area contributed by atoms with Crippen LogP contribution in [-0.4, -0.2) is 16.0 Å². The smallest absolute Gasteiger partial charge is 0.264 e. The highest BCUT2D eigenvalue weighted by Gasteiger charge is 2.26. The van der Waals surface area contributed by atoms with Gasteiger partial charge >= 0.3 is 0 Å². The summed E-state index contributed by atoms with van der Waals surface area (Å²) in [5.74, 6) is -0.193. The van der Waals surface area contributed by atoms with Crippen LogP contribution in [0.4, 0.5) is 0 Å². The van der Waals surface area contributed by atoms with Crippen LogP contribution in [0.1, 0.15) is 33.5 Å². The predicted molar refractivity (Wildman–Crippen MR) is 136 cm³/mol. The van der Waals surface area contributed by atoms with Gasteiger partial charge in [-0.2, -0.15) is 0 Å². The summed E-state index contributed by atoms with van der Waals surface area (Å²) in [6.45, 7) is 2.03. The third-order valence-corrected chi connectivity index (χ3v) is 6.38. The molecule has 0 saturated carbocycles. The molecular weight excluding hydrogens is 434 g/mol. The molecule has 1 fully saturated rings. The molecule has 0 spiro atoms. The van der Waals surface area contributed by atoms with Crippen LogP contribution in [0, 0.1) is 6.92 Å². The molecule has 5 heteroatoms. The van der Waals surface area contributed by atoms with Gasteiger partial charge in [0.15, 0.2) is 5.78 Å². The number of nitrogens with one attached hydrogen (secondary N) is 1. The van der Waals surface area contributed by atoms with E-state index in [9.17, 15) is 9.59 Å². The number of aryl methyl sites for hydroxylation is 1. The zero-order valence-electron chi connectivity index (χ0n) is 17.5. The number of ketones is 1. The minimum atomic E-state index is -0.215. The van der Waals surface area contributed by atoms with Crippen molar-refractivity contribution in [2.75, 3.05) is 0 Å². The Balaban J connectivity index is 1.85. The molecule has 158 valence electrons. The molecule has 1 aliphatic rings. The molecule has 0 aromatic heterocycles. The lowest BCUT2D eigenvalue weighted by atomic mass is 9.93. The number of rotatable bonds is 6. The molecule has 0 unspecified atom stereocenters. The van der Waals surface area contributed by atoms with Crippen LogP contribution < -0.4 is 5.32 Å². The Morgan fingerprint density at radius 2 is 1.47 bits per heavy atom. The second-order valence-corrected chi connectivity index (χ2v) is 9.14. The molecule has 32 heavy (non-hydrogen) atoms. The van der Waals surface area contributed by atoms with Gasteiger partial charge in [-0.05, 0) is 29.7 Å². The summed E-state index contributed by atoms with van der Waals surface area (Å²) in [6, 6.07) is 27.1. The molecule has 0 bridgehead atoms. The molecule has 0 aliphatic carbocycles. The first-order valence-electron chi connectivity index (χ1n) is 10.2. The fourth-order valence-electron chi connectivity index (χ4n) is 3.47. The average Bonchev–Trinajstić information content (AvgIpc) is 3.15. The minimum Gasteiger partial charge on any atom is -0.307 e. The SMILES string of the molecule is Cc1ccc(/C(=C/C(=C2/SC(=S)NC2=O)c2ccccc2)CC(=O)c2ccccc2)cc1. The lowest BCUT2D eigenvalue weighted by Gasteiger charge is -2.12. The van der Waals surface area contributed by atoms with Crippen molar-refractivity contribution < 1.29 is 9.59 Å². The van der Waals surface area contributed by atoms with E-state index in [2.05, 4.69) is 5.32 Å². The average molecular weight is 456 g/mol. The standard InChI is InChI=1S/C27H21NO2S2/c1-18-12-14-19(15-13-18)22(17-24(29)21-10-6-3-7-11-21)16-23(20-8-4-2-5-9-20)25-26(30)28-27(31)32-25/h2-16H,17H2,1H3,(H,28,30,31)/b22-16+,25-23-. The van der Waals surface area contributed by atoms with Gasteiger partial charge in [0.05, 0.1) is 4.91 Å².